The number of benzene rings is 1. The Morgan fingerprint density at radius 3 is 2.45 bits per heavy atom. The maximum absolute atomic E-state index is 12.9. The van der Waals surface area contributed by atoms with E-state index in [-0.39, 0.29) is 10.9 Å². The zero-order chi connectivity index (χ0) is 15.3. The summed E-state index contributed by atoms with van der Waals surface area (Å²) >= 11 is 0. The fraction of sp³-hybridized carbons (Fsp3) is 0.429. The van der Waals surface area contributed by atoms with Crippen molar-refractivity contribution in [3.05, 3.63) is 42.0 Å². The monoisotopic (exact) mass is 322 g/mol. The molecule has 0 spiro atoms. The summed E-state index contributed by atoms with van der Waals surface area (Å²) in [6, 6.07) is 4.92. The molecule has 22 heavy (non-hydrogen) atoms. The predicted molar refractivity (Wildman–Crippen MR) is 76.2 cm³/mol. The highest BCUT2D eigenvalue weighted by molar-refractivity contribution is 7.89. The van der Waals surface area contributed by atoms with Crippen LogP contribution in [0.3, 0.4) is 0 Å². The van der Waals surface area contributed by atoms with Crippen molar-refractivity contribution in [2.75, 3.05) is 13.1 Å². The van der Waals surface area contributed by atoms with Crippen LogP contribution in [0.25, 0.3) is 0 Å². The Balaban J connectivity index is 1.46. The van der Waals surface area contributed by atoms with Gasteiger partial charge in [-0.15, -0.1) is 5.10 Å². The molecule has 1 aliphatic carbocycles. The molecule has 0 amide bonds. The van der Waals surface area contributed by atoms with E-state index in [1.807, 2.05) is 6.20 Å². The second-order valence-electron chi connectivity index (χ2n) is 5.83. The minimum absolute atomic E-state index is 0.0234. The molecule has 1 saturated carbocycles. The van der Waals surface area contributed by atoms with Gasteiger partial charge in [-0.3, -0.25) is 0 Å². The summed E-state index contributed by atoms with van der Waals surface area (Å²) in [5, 5.41) is 8.24. The van der Waals surface area contributed by atoms with Gasteiger partial charge >= 0.3 is 0 Å². The average Bonchev–Trinajstić information content (AvgIpc) is 3.17. The van der Waals surface area contributed by atoms with Crippen LogP contribution in [0.5, 0.6) is 0 Å². The Kier molecular flexibility index (Phi) is 3.05. The Hall–Kier alpha value is -1.80. The van der Waals surface area contributed by atoms with E-state index in [9.17, 15) is 12.8 Å². The molecule has 6 nitrogen and oxygen atoms in total. The molecular weight excluding hydrogens is 307 g/mol. The summed E-state index contributed by atoms with van der Waals surface area (Å²) in [6.45, 7) is 0.736. The summed E-state index contributed by atoms with van der Waals surface area (Å²) in [5.41, 5.74) is 1.000. The van der Waals surface area contributed by atoms with Crippen molar-refractivity contribution >= 4 is 10.0 Å². The molecule has 2 aliphatic rings. The van der Waals surface area contributed by atoms with Gasteiger partial charge in [0.2, 0.25) is 10.0 Å². The van der Waals surface area contributed by atoms with Crippen molar-refractivity contribution in [2.24, 2.45) is 0 Å². The van der Waals surface area contributed by atoms with Crippen molar-refractivity contribution in [2.45, 2.75) is 29.7 Å². The topological polar surface area (TPSA) is 68.1 Å². The van der Waals surface area contributed by atoms with Crippen LogP contribution in [-0.4, -0.2) is 40.8 Å². The minimum Gasteiger partial charge on any atom is -0.247 e. The number of halogens is 1. The summed E-state index contributed by atoms with van der Waals surface area (Å²) in [4.78, 5) is 0.115. The lowest BCUT2D eigenvalue weighted by molar-refractivity contribution is 0.189. The van der Waals surface area contributed by atoms with Crippen molar-refractivity contribution < 1.29 is 12.8 Å². The fourth-order valence-electron chi connectivity index (χ4n) is 2.57. The highest BCUT2D eigenvalue weighted by Crippen LogP contribution is 2.39. The maximum Gasteiger partial charge on any atom is 0.243 e. The van der Waals surface area contributed by atoms with Crippen LogP contribution >= 0.6 is 0 Å². The quantitative estimate of drug-likeness (QED) is 0.856. The van der Waals surface area contributed by atoms with E-state index in [1.54, 1.807) is 4.68 Å². The number of aromatic nitrogens is 3. The molecule has 116 valence electrons. The maximum atomic E-state index is 12.9. The normalized spacial score (nSPS) is 20.0. The van der Waals surface area contributed by atoms with Gasteiger partial charge in [0.25, 0.3) is 0 Å². The highest BCUT2D eigenvalue weighted by atomic mass is 32.2. The van der Waals surface area contributed by atoms with Gasteiger partial charge in [0.15, 0.2) is 0 Å². The van der Waals surface area contributed by atoms with Gasteiger partial charge in [-0.05, 0) is 37.1 Å². The molecule has 1 aromatic heterocycles. The molecule has 2 fully saturated rings. The molecule has 1 aromatic carbocycles. The Labute approximate surface area is 127 Å². The van der Waals surface area contributed by atoms with Crippen LogP contribution < -0.4 is 0 Å². The van der Waals surface area contributed by atoms with E-state index < -0.39 is 15.8 Å². The lowest BCUT2D eigenvalue weighted by atomic mass is 10.2. The number of nitrogens with zero attached hydrogens (tertiary/aromatic N) is 4. The van der Waals surface area contributed by atoms with E-state index >= 15 is 0 Å². The minimum atomic E-state index is -3.55. The van der Waals surface area contributed by atoms with Gasteiger partial charge in [-0.1, -0.05) is 5.21 Å². The van der Waals surface area contributed by atoms with E-state index in [4.69, 9.17) is 0 Å². The number of hydrogen-bond donors (Lipinski definition) is 0. The van der Waals surface area contributed by atoms with E-state index in [2.05, 4.69) is 10.3 Å². The van der Waals surface area contributed by atoms with Crippen LogP contribution in [0.4, 0.5) is 4.39 Å². The van der Waals surface area contributed by atoms with Crippen LogP contribution in [0, 0.1) is 5.82 Å². The third kappa shape index (κ3) is 2.32. The SMILES string of the molecule is O=S(=O)(c1ccc(F)cc1)N1CC(n2cc(C3CC3)nn2)C1. The van der Waals surface area contributed by atoms with Crippen LogP contribution in [0.15, 0.2) is 35.4 Å². The van der Waals surface area contributed by atoms with E-state index in [0.717, 1.165) is 30.7 Å². The number of sulfonamides is 1. The van der Waals surface area contributed by atoms with E-state index in [0.29, 0.717) is 19.0 Å². The van der Waals surface area contributed by atoms with Crippen LogP contribution in [0.1, 0.15) is 30.5 Å². The standard InChI is InChI=1S/C14H15FN4O2S/c15-11-3-5-13(6-4-11)22(20,21)18-7-12(8-18)19-9-14(16-17-19)10-1-2-10/h3-6,9-10,12H,1-2,7-8H2. The van der Waals surface area contributed by atoms with Gasteiger partial charge in [-0.2, -0.15) is 4.31 Å². The molecule has 2 heterocycles. The molecule has 0 unspecified atom stereocenters. The molecule has 8 heteroatoms. The first kappa shape index (κ1) is 13.8. The second-order valence-corrected chi connectivity index (χ2v) is 7.77. The lowest BCUT2D eigenvalue weighted by Gasteiger charge is -2.37. The van der Waals surface area contributed by atoms with Crippen molar-refractivity contribution in [1.82, 2.24) is 19.3 Å². The first-order chi connectivity index (χ1) is 10.5. The van der Waals surface area contributed by atoms with Gasteiger partial charge in [-0.25, -0.2) is 17.5 Å². The molecule has 0 radical (unpaired) electrons. The van der Waals surface area contributed by atoms with Crippen molar-refractivity contribution in [3.63, 3.8) is 0 Å². The number of rotatable bonds is 4. The molecule has 2 aromatic rings. The Morgan fingerprint density at radius 2 is 1.82 bits per heavy atom. The molecule has 4 rings (SSSR count). The van der Waals surface area contributed by atoms with Gasteiger partial charge in [0, 0.05) is 25.2 Å². The molecule has 0 atom stereocenters. The molecular formula is C14H15FN4O2S. The third-order valence-electron chi connectivity index (χ3n) is 4.18. The fourth-order valence-corrected chi connectivity index (χ4v) is 4.09. The largest absolute Gasteiger partial charge is 0.247 e. The lowest BCUT2D eigenvalue weighted by Crippen LogP contribution is -2.50. The zero-order valence-electron chi connectivity index (χ0n) is 11.8. The molecule has 1 aliphatic heterocycles. The van der Waals surface area contributed by atoms with Crippen molar-refractivity contribution in [1.29, 1.82) is 0 Å². The first-order valence-electron chi connectivity index (χ1n) is 7.21. The van der Waals surface area contributed by atoms with Crippen molar-refractivity contribution in [3.8, 4) is 0 Å². The Morgan fingerprint density at radius 1 is 1.14 bits per heavy atom. The summed E-state index contributed by atoms with van der Waals surface area (Å²) in [5.74, 6) is 0.0866. The second kappa shape index (κ2) is 4.85. The summed E-state index contributed by atoms with van der Waals surface area (Å²) < 4.78 is 40.8. The molecule has 0 bridgehead atoms. The van der Waals surface area contributed by atoms with Crippen LogP contribution in [0.2, 0.25) is 0 Å². The summed E-state index contributed by atoms with van der Waals surface area (Å²) in [6.07, 6.45) is 4.24. The summed E-state index contributed by atoms with van der Waals surface area (Å²) in [7, 11) is -3.55. The number of hydrogen-bond acceptors (Lipinski definition) is 4. The third-order valence-corrected chi connectivity index (χ3v) is 6.02. The predicted octanol–water partition coefficient (Wildman–Crippen LogP) is 1.54. The smallest absolute Gasteiger partial charge is 0.243 e. The van der Waals surface area contributed by atoms with E-state index in [1.165, 1.54) is 16.4 Å². The first-order valence-corrected chi connectivity index (χ1v) is 8.65. The Bertz CT molecular complexity index is 793. The van der Waals surface area contributed by atoms with Gasteiger partial charge in [0.05, 0.1) is 16.6 Å². The van der Waals surface area contributed by atoms with Gasteiger partial charge in [0.1, 0.15) is 5.82 Å². The average molecular weight is 322 g/mol. The highest BCUT2D eigenvalue weighted by Gasteiger charge is 2.39. The van der Waals surface area contributed by atoms with Crippen LogP contribution in [-0.2, 0) is 10.0 Å². The molecule has 1 saturated heterocycles. The molecule has 0 N–H and O–H groups in total. The van der Waals surface area contributed by atoms with Gasteiger partial charge < -0.3 is 0 Å². The zero-order valence-corrected chi connectivity index (χ0v) is 12.6.